The van der Waals surface area contributed by atoms with Crippen molar-refractivity contribution in [2.24, 2.45) is 0 Å². The molecule has 0 radical (unpaired) electrons. The fourth-order valence-corrected chi connectivity index (χ4v) is 1.78. The molecule has 18 heavy (non-hydrogen) atoms. The van der Waals surface area contributed by atoms with Crippen LogP contribution < -0.4 is 9.47 Å². The molecule has 2 aromatic rings. The topological polar surface area (TPSA) is 31.4 Å². The summed E-state index contributed by atoms with van der Waals surface area (Å²) in [5.74, 6) is 1.52. The molecular weight excluding hydrogens is 273 g/mol. The second-order valence-corrected chi connectivity index (χ2v) is 4.29. The molecule has 5 heteroatoms. The minimum Gasteiger partial charge on any atom is -0.497 e. The van der Waals surface area contributed by atoms with Gasteiger partial charge in [-0.15, -0.1) is 0 Å². The van der Waals surface area contributed by atoms with Crippen molar-refractivity contribution in [3.05, 3.63) is 52.3 Å². The van der Waals surface area contributed by atoms with Crippen LogP contribution in [0.1, 0.15) is 5.56 Å². The zero-order valence-electron chi connectivity index (χ0n) is 9.69. The Balaban J connectivity index is 2.02. The van der Waals surface area contributed by atoms with Crippen molar-refractivity contribution in [1.82, 2.24) is 4.98 Å². The number of rotatable bonds is 4. The lowest BCUT2D eigenvalue weighted by molar-refractivity contribution is 0.305. The van der Waals surface area contributed by atoms with Gasteiger partial charge in [-0.2, -0.15) is 0 Å². The highest BCUT2D eigenvalue weighted by molar-refractivity contribution is 6.32. The Morgan fingerprint density at radius 3 is 2.28 bits per heavy atom. The largest absolute Gasteiger partial charge is 0.497 e. The molecule has 0 aliphatic rings. The predicted molar refractivity (Wildman–Crippen MR) is 71.6 cm³/mol. The normalized spacial score (nSPS) is 10.2. The van der Waals surface area contributed by atoms with Crippen LogP contribution in [0.4, 0.5) is 0 Å². The molecule has 0 saturated carbocycles. The second kappa shape index (κ2) is 5.94. The molecule has 0 fully saturated rings. The maximum Gasteiger partial charge on any atom is 0.137 e. The van der Waals surface area contributed by atoms with Crippen molar-refractivity contribution in [2.75, 3.05) is 7.11 Å². The van der Waals surface area contributed by atoms with E-state index in [0.29, 0.717) is 16.9 Å². The van der Waals surface area contributed by atoms with Crippen molar-refractivity contribution in [3.8, 4) is 11.5 Å². The third-order valence-electron chi connectivity index (χ3n) is 2.35. The zero-order chi connectivity index (χ0) is 13.0. The van der Waals surface area contributed by atoms with Crippen LogP contribution in [0.15, 0.2) is 36.4 Å². The van der Waals surface area contributed by atoms with Crippen LogP contribution in [-0.2, 0) is 6.61 Å². The summed E-state index contributed by atoms with van der Waals surface area (Å²) in [6, 6.07) is 10.8. The second-order valence-electron chi connectivity index (χ2n) is 3.55. The highest BCUT2D eigenvalue weighted by Crippen LogP contribution is 2.21. The summed E-state index contributed by atoms with van der Waals surface area (Å²) in [5, 5.41) is 0.726. The summed E-state index contributed by atoms with van der Waals surface area (Å²) in [7, 11) is 1.62. The SMILES string of the molecule is COc1ccc(OCc2ccc(Cl)nc2Cl)cc1. The molecule has 0 unspecified atom stereocenters. The van der Waals surface area contributed by atoms with Crippen LogP contribution in [0.2, 0.25) is 10.3 Å². The van der Waals surface area contributed by atoms with Gasteiger partial charge in [-0.05, 0) is 36.4 Å². The Kier molecular flexibility index (Phi) is 4.28. The molecule has 0 spiro atoms. The van der Waals surface area contributed by atoms with Gasteiger partial charge in [0, 0.05) is 5.56 Å². The van der Waals surface area contributed by atoms with E-state index in [1.165, 1.54) is 0 Å². The lowest BCUT2D eigenvalue weighted by Crippen LogP contribution is -1.97. The lowest BCUT2D eigenvalue weighted by atomic mass is 10.3. The minimum atomic E-state index is 0.343. The monoisotopic (exact) mass is 283 g/mol. The van der Waals surface area contributed by atoms with Crippen molar-refractivity contribution in [1.29, 1.82) is 0 Å². The molecule has 94 valence electrons. The van der Waals surface area contributed by atoms with Gasteiger partial charge in [-0.3, -0.25) is 0 Å². The van der Waals surface area contributed by atoms with E-state index in [-0.39, 0.29) is 0 Å². The number of hydrogen-bond donors (Lipinski definition) is 0. The Morgan fingerprint density at radius 2 is 1.67 bits per heavy atom. The third-order valence-corrected chi connectivity index (χ3v) is 2.88. The molecule has 0 amide bonds. The van der Waals surface area contributed by atoms with E-state index in [2.05, 4.69) is 4.98 Å². The molecule has 0 aliphatic carbocycles. The summed E-state index contributed by atoms with van der Waals surface area (Å²) in [4.78, 5) is 3.94. The first-order valence-corrected chi connectivity index (χ1v) is 6.02. The molecule has 0 saturated heterocycles. The summed E-state index contributed by atoms with van der Waals surface area (Å²) in [5.41, 5.74) is 0.789. The molecule has 0 N–H and O–H groups in total. The van der Waals surface area contributed by atoms with Gasteiger partial charge in [0.25, 0.3) is 0 Å². The quantitative estimate of drug-likeness (QED) is 0.796. The summed E-state index contributed by atoms with van der Waals surface area (Å²) in [6.07, 6.45) is 0. The Labute approximate surface area is 115 Å². The number of aromatic nitrogens is 1. The summed E-state index contributed by atoms with van der Waals surface area (Å²) >= 11 is 11.7. The van der Waals surface area contributed by atoms with Gasteiger partial charge >= 0.3 is 0 Å². The molecule has 1 heterocycles. The minimum absolute atomic E-state index is 0.343. The van der Waals surface area contributed by atoms with E-state index in [1.54, 1.807) is 19.2 Å². The Hall–Kier alpha value is -1.45. The van der Waals surface area contributed by atoms with Crippen LogP contribution in [0.3, 0.4) is 0 Å². The molecule has 0 aliphatic heterocycles. The Bertz CT molecular complexity index is 529. The standard InChI is InChI=1S/C13H11Cl2NO2/c1-17-10-3-5-11(6-4-10)18-8-9-2-7-12(14)16-13(9)15/h2-7H,8H2,1H3. The van der Waals surface area contributed by atoms with Crippen molar-refractivity contribution in [2.45, 2.75) is 6.61 Å². The fourth-order valence-electron chi connectivity index (χ4n) is 1.38. The predicted octanol–water partition coefficient (Wildman–Crippen LogP) is 3.98. The van der Waals surface area contributed by atoms with Gasteiger partial charge < -0.3 is 9.47 Å². The molecular formula is C13H11Cl2NO2. The van der Waals surface area contributed by atoms with Gasteiger partial charge in [0.05, 0.1) is 7.11 Å². The number of ether oxygens (including phenoxy) is 2. The van der Waals surface area contributed by atoms with Crippen molar-refractivity contribution in [3.63, 3.8) is 0 Å². The average molecular weight is 284 g/mol. The zero-order valence-corrected chi connectivity index (χ0v) is 11.2. The van der Waals surface area contributed by atoms with Crippen LogP contribution in [-0.4, -0.2) is 12.1 Å². The Morgan fingerprint density at radius 1 is 1.00 bits per heavy atom. The van der Waals surface area contributed by atoms with E-state index >= 15 is 0 Å². The fraction of sp³-hybridized carbons (Fsp3) is 0.154. The number of nitrogens with zero attached hydrogens (tertiary/aromatic N) is 1. The third kappa shape index (κ3) is 3.28. The van der Waals surface area contributed by atoms with Crippen LogP contribution >= 0.6 is 23.2 Å². The van der Waals surface area contributed by atoms with E-state index in [4.69, 9.17) is 32.7 Å². The summed E-state index contributed by atoms with van der Waals surface area (Å²) < 4.78 is 10.7. The van der Waals surface area contributed by atoms with Gasteiger partial charge in [0.2, 0.25) is 0 Å². The summed E-state index contributed by atoms with van der Waals surface area (Å²) in [6.45, 7) is 0.343. The maximum absolute atomic E-state index is 5.95. The maximum atomic E-state index is 5.95. The molecule has 3 nitrogen and oxygen atoms in total. The van der Waals surface area contributed by atoms with Crippen molar-refractivity contribution < 1.29 is 9.47 Å². The first-order valence-electron chi connectivity index (χ1n) is 5.27. The molecule has 0 bridgehead atoms. The molecule has 0 atom stereocenters. The van der Waals surface area contributed by atoms with E-state index in [0.717, 1.165) is 17.1 Å². The number of pyridine rings is 1. The number of benzene rings is 1. The van der Waals surface area contributed by atoms with Gasteiger partial charge in [0.15, 0.2) is 0 Å². The van der Waals surface area contributed by atoms with Crippen molar-refractivity contribution >= 4 is 23.2 Å². The molecule has 2 rings (SSSR count). The first kappa shape index (κ1) is 13.0. The number of methoxy groups -OCH3 is 1. The van der Waals surface area contributed by atoms with Crippen LogP contribution in [0.5, 0.6) is 11.5 Å². The van der Waals surface area contributed by atoms with Crippen LogP contribution in [0.25, 0.3) is 0 Å². The highest BCUT2D eigenvalue weighted by atomic mass is 35.5. The van der Waals surface area contributed by atoms with Crippen LogP contribution in [0, 0.1) is 0 Å². The van der Waals surface area contributed by atoms with Gasteiger partial charge in [-0.25, -0.2) is 4.98 Å². The van der Waals surface area contributed by atoms with E-state index < -0.39 is 0 Å². The van der Waals surface area contributed by atoms with Gasteiger partial charge in [0.1, 0.15) is 28.4 Å². The first-order chi connectivity index (χ1) is 8.69. The highest BCUT2D eigenvalue weighted by Gasteiger charge is 2.04. The average Bonchev–Trinajstić information content (AvgIpc) is 2.38. The lowest BCUT2D eigenvalue weighted by Gasteiger charge is -2.08. The van der Waals surface area contributed by atoms with E-state index in [1.807, 2.05) is 24.3 Å². The van der Waals surface area contributed by atoms with E-state index in [9.17, 15) is 0 Å². The molecule has 1 aromatic heterocycles. The number of hydrogen-bond acceptors (Lipinski definition) is 3. The smallest absolute Gasteiger partial charge is 0.137 e. The molecule has 1 aromatic carbocycles. The van der Waals surface area contributed by atoms with Gasteiger partial charge in [-0.1, -0.05) is 23.2 Å². The number of halogens is 2.